The summed E-state index contributed by atoms with van der Waals surface area (Å²) in [6.07, 6.45) is 1.90. The summed E-state index contributed by atoms with van der Waals surface area (Å²) in [7, 11) is 1.68. The molecule has 0 saturated carbocycles. The van der Waals surface area contributed by atoms with E-state index in [4.69, 9.17) is 9.47 Å². The topological polar surface area (TPSA) is 54.9 Å². The first-order valence-corrected chi connectivity index (χ1v) is 10.1. The van der Waals surface area contributed by atoms with Gasteiger partial charge in [0.1, 0.15) is 11.6 Å². The average molecular weight is 400 g/mol. The number of benzene rings is 2. The molecule has 29 heavy (non-hydrogen) atoms. The first-order valence-electron chi connectivity index (χ1n) is 10.1. The lowest BCUT2D eigenvalue weighted by atomic mass is 9.74. The molecule has 0 spiro atoms. The van der Waals surface area contributed by atoms with Gasteiger partial charge in [0.05, 0.1) is 13.7 Å². The van der Waals surface area contributed by atoms with E-state index < -0.39 is 0 Å². The number of guanidine groups is 1. The van der Waals surface area contributed by atoms with E-state index in [1.807, 2.05) is 19.1 Å². The largest absolute Gasteiger partial charge is 0.497 e. The molecule has 156 valence electrons. The van der Waals surface area contributed by atoms with Gasteiger partial charge in [-0.05, 0) is 55.2 Å². The molecule has 0 amide bonds. The molecule has 0 unspecified atom stereocenters. The Hall–Kier alpha value is -2.60. The minimum atomic E-state index is -0.233. The van der Waals surface area contributed by atoms with Crippen molar-refractivity contribution < 1.29 is 13.9 Å². The summed E-state index contributed by atoms with van der Waals surface area (Å²) in [4.78, 5) is 4.67. The molecule has 2 N–H and O–H groups in total. The van der Waals surface area contributed by atoms with Crippen LogP contribution < -0.4 is 15.4 Å². The number of methoxy groups -OCH3 is 1. The summed E-state index contributed by atoms with van der Waals surface area (Å²) in [5.41, 5.74) is 2.24. The highest BCUT2D eigenvalue weighted by molar-refractivity contribution is 5.79. The molecule has 0 aliphatic carbocycles. The Balaban J connectivity index is 1.73. The Bertz CT molecular complexity index is 785. The molecule has 2 aromatic rings. The van der Waals surface area contributed by atoms with Crippen molar-refractivity contribution in [3.8, 4) is 5.75 Å². The molecule has 0 radical (unpaired) electrons. The van der Waals surface area contributed by atoms with Crippen molar-refractivity contribution >= 4 is 5.96 Å². The number of ether oxygens (including phenoxy) is 2. The number of hydrogen-bond donors (Lipinski definition) is 2. The van der Waals surface area contributed by atoms with Crippen LogP contribution in [0.5, 0.6) is 5.75 Å². The van der Waals surface area contributed by atoms with E-state index in [9.17, 15) is 4.39 Å². The third kappa shape index (κ3) is 5.70. The molecular formula is C23H30FN3O2. The van der Waals surface area contributed by atoms with Crippen LogP contribution in [-0.4, -0.2) is 39.4 Å². The van der Waals surface area contributed by atoms with E-state index in [0.717, 1.165) is 56.4 Å². The van der Waals surface area contributed by atoms with Gasteiger partial charge in [0, 0.05) is 31.7 Å². The maximum absolute atomic E-state index is 13.1. The third-order valence-corrected chi connectivity index (χ3v) is 5.42. The van der Waals surface area contributed by atoms with Crippen molar-refractivity contribution in [3.63, 3.8) is 0 Å². The van der Waals surface area contributed by atoms with Crippen LogP contribution in [0.4, 0.5) is 4.39 Å². The quantitative estimate of drug-likeness (QED) is 0.551. The number of aliphatic imine (C=N–C) groups is 1. The lowest BCUT2D eigenvalue weighted by Gasteiger charge is -2.38. The second-order valence-electron chi connectivity index (χ2n) is 7.30. The molecule has 3 rings (SSSR count). The van der Waals surface area contributed by atoms with Crippen LogP contribution >= 0.6 is 0 Å². The summed E-state index contributed by atoms with van der Waals surface area (Å²) in [6, 6.07) is 14.8. The predicted octanol–water partition coefficient (Wildman–Crippen LogP) is 3.64. The number of halogens is 1. The van der Waals surface area contributed by atoms with Crippen LogP contribution in [0.1, 0.15) is 30.9 Å². The maximum atomic E-state index is 13.1. The molecule has 6 heteroatoms. The fourth-order valence-corrected chi connectivity index (χ4v) is 3.63. The molecule has 1 heterocycles. The van der Waals surface area contributed by atoms with E-state index in [-0.39, 0.29) is 11.2 Å². The summed E-state index contributed by atoms with van der Waals surface area (Å²) >= 11 is 0. The summed E-state index contributed by atoms with van der Waals surface area (Å²) in [6.45, 7) is 5.57. The van der Waals surface area contributed by atoms with E-state index in [1.54, 1.807) is 19.2 Å². The maximum Gasteiger partial charge on any atom is 0.191 e. The average Bonchev–Trinajstić information content (AvgIpc) is 2.77. The Morgan fingerprint density at radius 3 is 2.38 bits per heavy atom. The molecule has 5 nitrogen and oxygen atoms in total. The van der Waals surface area contributed by atoms with Gasteiger partial charge in [-0.3, -0.25) is 0 Å². The van der Waals surface area contributed by atoms with Gasteiger partial charge in [-0.1, -0.05) is 24.3 Å². The zero-order valence-corrected chi connectivity index (χ0v) is 17.2. The fraction of sp³-hybridized carbons (Fsp3) is 0.435. The van der Waals surface area contributed by atoms with Crippen molar-refractivity contribution in [1.29, 1.82) is 0 Å². The zero-order valence-electron chi connectivity index (χ0n) is 17.2. The number of nitrogens with zero attached hydrogens (tertiary/aromatic N) is 1. The normalized spacial score (nSPS) is 16.3. The van der Waals surface area contributed by atoms with E-state index in [2.05, 4.69) is 27.8 Å². The fourth-order valence-electron chi connectivity index (χ4n) is 3.63. The highest BCUT2D eigenvalue weighted by atomic mass is 19.1. The number of nitrogens with one attached hydrogen (secondary N) is 2. The van der Waals surface area contributed by atoms with E-state index in [0.29, 0.717) is 6.54 Å². The standard InChI is InChI=1S/C23H30FN3O2/c1-3-25-22(26-16-18-4-8-20(24)9-5-18)27-17-23(12-14-29-15-13-23)19-6-10-21(28-2)11-7-19/h4-11H,3,12-17H2,1-2H3,(H2,25,26,27). The van der Waals surface area contributed by atoms with Crippen LogP contribution in [0.25, 0.3) is 0 Å². The highest BCUT2D eigenvalue weighted by Gasteiger charge is 2.34. The van der Waals surface area contributed by atoms with Gasteiger partial charge in [0.2, 0.25) is 0 Å². The van der Waals surface area contributed by atoms with Gasteiger partial charge < -0.3 is 20.1 Å². The minimum absolute atomic E-state index is 0.0173. The smallest absolute Gasteiger partial charge is 0.191 e. The number of rotatable bonds is 7. The molecule has 1 aliphatic heterocycles. The monoisotopic (exact) mass is 399 g/mol. The van der Waals surface area contributed by atoms with Gasteiger partial charge in [-0.25, -0.2) is 9.38 Å². The molecule has 0 bridgehead atoms. The van der Waals surface area contributed by atoms with E-state index in [1.165, 1.54) is 17.7 Å². The first-order chi connectivity index (χ1) is 14.1. The first kappa shape index (κ1) is 21.1. The van der Waals surface area contributed by atoms with Gasteiger partial charge in [0.15, 0.2) is 5.96 Å². The van der Waals surface area contributed by atoms with Crippen LogP contribution in [-0.2, 0) is 16.7 Å². The predicted molar refractivity (Wildman–Crippen MR) is 114 cm³/mol. The molecule has 1 aliphatic rings. The summed E-state index contributed by atoms with van der Waals surface area (Å²) < 4.78 is 24.0. The van der Waals surface area contributed by atoms with Crippen LogP contribution in [0.15, 0.2) is 53.5 Å². The van der Waals surface area contributed by atoms with Crippen molar-refractivity contribution in [1.82, 2.24) is 10.6 Å². The Morgan fingerprint density at radius 1 is 1.07 bits per heavy atom. The van der Waals surface area contributed by atoms with Crippen LogP contribution in [0.2, 0.25) is 0 Å². The van der Waals surface area contributed by atoms with E-state index >= 15 is 0 Å². The highest BCUT2D eigenvalue weighted by Crippen LogP contribution is 2.35. The van der Waals surface area contributed by atoms with Crippen LogP contribution in [0.3, 0.4) is 0 Å². The molecule has 2 aromatic carbocycles. The van der Waals surface area contributed by atoms with Crippen molar-refractivity contribution in [2.24, 2.45) is 4.99 Å². The van der Waals surface area contributed by atoms with Gasteiger partial charge >= 0.3 is 0 Å². The van der Waals surface area contributed by atoms with Crippen molar-refractivity contribution in [2.75, 3.05) is 33.4 Å². The molecule has 0 atom stereocenters. The van der Waals surface area contributed by atoms with Crippen molar-refractivity contribution in [3.05, 3.63) is 65.5 Å². The molecule has 1 fully saturated rings. The molecular weight excluding hydrogens is 369 g/mol. The van der Waals surface area contributed by atoms with Gasteiger partial charge in [-0.15, -0.1) is 0 Å². The lowest BCUT2D eigenvalue weighted by Crippen LogP contribution is -2.48. The molecule has 0 aromatic heterocycles. The Morgan fingerprint density at radius 2 is 1.76 bits per heavy atom. The van der Waals surface area contributed by atoms with Crippen LogP contribution in [0, 0.1) is 5.82 Å². The van der Waals surface area contributed by atoms with Gasteiger partial charge in [-0.2, -0.15) is 0 Å². The van der Waals surface area contributed by atoms with Gasteiger partial charge in [0.25, 0.3) is 0 Å². The SMILES string of the molecule is CCNC(=NCc1ccc(F)cc1)NCC1(c2ccc(OC)cc2)CCOCC1. The second-order valence-corrected chi connectivity index (χ2v) is 7.30. The third-order valence-electron chi connectivity index (χ3n) is 5.42. The lowest BCUT2D eigenvalue weighted by molar-refractivity contribution is 0.0513. The molecule has 1 saturated heterocycles. The summed E-state index contributed by atoms with van der Waals surface area (Å²) in [5.74, 6) is 1.39. The van der Waals surface area contributed by atoms with Crippen molar-refractivity contribution in [2.45, 2.75) is 31.7 Å². The number of hydrogen-bond acceptors (Lipinski definition) is 3. The second kappa shape index (κ2) is 10.3. The Kier molecular flexibility index (Phi) is 7.47. The Labute approximate surface area is 172 Å². The summed E-state index contributed by atoms with van der Waals surface area (Å²) in [5, 5.41) is 6.82. The zero-order chi connectivity index (χ0) is 20.5. The minimum Gasteiger partial charge on any atom is -0.497 e.